The van der Waals surface area contributed by atoms with E-state index in [1.807, 2.05) is 6.07 Å². The molecule has 1 saturated carbocycles. The first-order valence-electron chi connectivity index (χ1n) is 8.00. The number of esters is 2. The third kappa shape index (κ3) is 3.32. The van der Waals surface area contributed by atoms with E-state index in [4.69, 9.17) is 23.4 Å². The molecular formula is C17H22O7. The number of hydrogen-bond acceptors (Lipinski definition) is 7. The van der Waals surface area contributed by atoms with Crippen LogP contribution in [-0.4, -0.2) is 42.1 Å². The Morgan fingerprint density at radius 2 is 1.79 bits per heavy atom. The summed E-state index contributed by atoms with van der Waals surface area (Å²) in [6.45, 7) is 6.27. The monoisotopic (exact) mass is 338 g/mol. The maximum absolute atomic E-state index is 11.6. The Morgan fingerprint density at radius 3 is 2.38 bits per heavy atom. The first kappa shape index (κ1) is 17.0. The summed E-state index contributed by atoms with van der Waals surface area (Å²) in [6.07, 6.45) is -0.144. The summed E-state index contributed by atoms with van der Waals surface area (Å²) >= 11 is 0. The predicted octanol–water partition coefficient (Wildman–Crippen LogP) is 2.15. The smallest absolute Gasteiger partial charge is 0.303 e. The molecule has 1 aliphatic carbocycles. The van der Waals surface area contributed by atoms with E-state index in [1.54, 1.807) is 26.2 Å². The SMILES string of the molecule is CC(=O)O[C@H]1CC(c2ccco2)[C@@H](OC(C)=O)[C@@H]2OC(C)(C)O[C@@H]21. The molecule has 2 fully saturated rings. The van der Waals surface area contributed by atoms with Crippen molar-refractivity contribution in [3.8, 4) is 0 Å². The minimum atomic E-state index is -0.857. The predicted molar refractivity (Wildman–Crippen MR) is 81.0 cm³/mol. The number of carbonyl (C=O) groups excluding carboxylic acids is 2. The molecule has 2 heterocycles. The largest absolute Gasteiger partial charge is 0.469 e. The van der Waals surface area contributed by atoms with Crippen molar-refractivity contribution in [3.05, 3.63) is 24.2 Å². The van der Waals surface area contributed by atoms with Gasteiger partial charge < -0.3 is 23.4 Å². The molecule has 0 amide bonds. The number of hydrogen-bond donors (Lipinski definition) is 0. The van der Waals surface area contributed by atoms with Crippen molar-refractivity contribution in [1.29, 1.82) is 0 Å². The molecule has 0 aromatic carbocycles. The zero-order chi connectivity index (χ0) is 17.5. The molecule has 1 unspecified atom stereocenters. The Balaban J connectivity index is 1.95. The molecule has 24 heavy (non-hydrogen) atoms. The van der Waals surface area contributed by atoms with E-state index >= 15 is 0 Å². The molecule has 5 atom stereocenters. The molecule has 1 aromatic heterocycles. The lowest BCUT2D eigenvalue weighted by atomic mass is 9.79. The van der Waals surface area contributed by atoms with Crippen molar-refractivity contribution in [1.82, 2.24) is 0 Å². The number of furan rings is 1. The van der Waals surface area contributed by atoms with Crippen molar-refractivity contribution in [2.75, 3.05) is 0 Å². The van der Waals surface area contributed by atoms with E-state index in [0.29, 0.717) is 12.2 Å². The molecular weight excluding hydrogens is 316 g/mol. The van der Waals surface area contributed by atoms with Crippen LogP contribution in [0.1, 0.15) is 45.8 Å². The summed E-state index contributed by atoms with van der Waals surface area (Å²) in [6, 6.07) is 3.58. The van der Waals surface area contributed by atoms with Gasteiger partial charge in [0.1, 0.15) is 30.2 Å². The second-order valence-corrected chi connectivity index (χ2v) is 6.64. The molecule has 0 radical (unpaired) electrons. The number of ether oxygens (including phenoxy) is 4. The molecule has 0 bridgehead atoms. The minimum Gasteiger partial charge on any atom is -0.469 e. The average Bonchev–Trinajstić information content (AvgIpc) is 3.07. The van der Waals surface area contributed by atoms with Crippen LogP contribution in [0.15, 0.2) is 22.8 Å². The van der Waals surface area contributed by atoms with Gasteiger partial charge in [-0.1, -0.05) is 0 Å². The van der Waals surface area contributed by atoms with Crippen molar-refractivity contribution >= 4 is 11.9 Å². The lowest BCUT2D eigenvalue weighted by Gasteiger charge is -2.40. The highest BCUT2D eigenvalue weighted by Gasteiger charge is 2.57. The van der Waals surface area contributed by atoms with Gasteiger partial charge in [-0.15, -0.1) is 0 Å². The fourth-order valence-electron chi connectivity index (χ4n) is 3.56. The first-order chi connectivity index (χ1) is 11.3. The van der Waals surface area contributed by atoms with E-state index in [0.717, 1.165) is 0 Å². The molecule has 7 nitrogen and oxygen atoms in total. The molecule has 1 aromatic rings. The number of carbonyl (C=O) groups is 2. The lowest BCUT2D eigenvalue weighted by molar-refractivity contribution is -0.174. The molecule has 2 aliphatic rings. The zero-order valence-corrected chi connectivity index (χ0v) is 14.2. The number of fused-ring (bicyclic) bond motifs is 1. The fourth-order valence-corrected chi connectivity index (χ4v) is 3.56. The average molecular weight is 338 g/mol. The maximum Gasteiger partial charge on any atom is 0.303 e. The highest BCUT2D eigenvalue weighted by atomic mass is 16.8. The van der Waals surface area contributed by atoms with Crippen LogP contribution in [0.25, 0.3) is 0 Å². The summed E-state index contributed by atoms with van der Waals surface area (Å²) in [7, 11) is 0. The van der Waals surface area contributed by atoms with Crippen LogP contribution in [-0.2, 0) is 28.5 Å². The minimum absolute atomic E-state index is 0.285. The summed E-state index contributed by atoms with van der Waals surface area (Å²) in [5, 5.41) is 0. The molecule has 7 heteroatoms. The van der Waals surface area contributed by atoms with Gasteiger partial charge in [-0.25, -0.2) is 0 Å². The van der Waals surface area contributed by atoms with Gasteiger partial charge in [0.25, 0.3) is 0 Å². The topological polar surface area (TPSA) is 84.2 Å². The Kier molecular flexibility index (Phi) is 4.40. The van der Waals surface area contributed by atoms with Crippen LogP contribution >= 0.6 is 0 Å². The Labute approximate surface area is 140 Å². The molecule has 132 valence electrons. The highest BCUT2D eigenvalue weighted by Crippen LogP contribution is 2.45. The van der Waals surface area contributed by atoms with Gasteiger partial charge in [-0.3, -0.25) is 9.59 Å². The fraction of sp³-hybridized carbons (Fsp3) is 0.647. The van der Waals surface area contributed by atoms with Gasteiger partial charge in [0.2, 0.25) is 0 Å². The van der Waals surface area contributed by atoms with Crippen LogP contribution in [0.3, 0.4) is 0 Å². The van der Waals surface area contributed by atoms with E-state index in [9.17, 15) is 9.59 Å². The third-order valence-corrected chi connectivity index (χ3v) is 4.26. The summed E-state index contributed by atoms with van der Waals surface area (Å²) in [4.78, 5) is 23.1. The summed E-state index contributed by atoms with van der Waals surface area (Å²) in [5.41, 5.74) is 0. The molecule has 0 spiro atoms. The van der Waals surface area contributed by atoms with Crippen molar-refractivity contribution in [3.63, 3.8) is 0 Å². The summed E-state index contributed by atoms with van der Waals surface area (Å²) < 4.78 is 28.4. The van der Waals surface area contributed by atoms with Crippen LogP contribution in [0, 0.1) is 0 Å². The van der Waals surface area contributed by atoms with Crippen molar-refractivity contribution in [2.24, 2.45) is 0 Å². The van der Waals surface area contributed by atoms with Gasteiger partial charge in [0.15, 0.2) is 5.79 Å². The molecule has 3 rings (SSSR count). The van der Waals surface area contributed by atoms with Crippen LogP contribution < -0.4 is 0 Å². The van der Waals surface area contributed by atoms with Gasteiger partial charge in [0.05, 0.1) is 12.2 Å². The lowest BCUT2D eigenvalue weighted by Crippen LogP contribution is -2.53. The standard InChI is InChI=1S/C17H22O7/c1-9(18)21-13-8-11(12-6-5-7-20-12)14(22-10(2)19)16-15(13)23-17(3,4)24-16/h5-7,11,13-16H,8H2,1-4H3/t11?,13-,14+,15+,16-/m0/s1. The Hall–Kier alpha value is -1.86. The third-order valence-electron chi connectivity index (χ3n) is 4.26. The van der Waals surface area contributed by atoms with Gasteiger partial charge in [-0.05, 0) is 26.0 Å². The molecule has 0 N–H and O–H groups in total. The zero-order valence-electron chi connectivity index (χ0n) is 14.2. The van der Waals surface area contributed by atoms with Crippen LogP contribution in [0.2, 0.25) is 0 Å². The van der Waals surface area contributed by atoms with E-state index < -0.39 is 42.1 Å². The van der Waals surface area contributed by atoms with Crippen LogP contribution in [0.5, 0.6) is 0 Å². The van der Waals surface area contributed by atoms with E-state index in [-0.39, 0.29) is 5.92 Å². The van der Waals surface area contributed by atoms with Crippen molar-refractivity contribution < 1.29 is 33.0 Å². The maximum atomic E-state index is 11.6. The van der Waals surface area contributed by atoms with Gasteiger partial charge in [0, 0.05) is 20.3 Å². The highest BCUT2D eigenvalue weighted by molar-refractivity contribution is 5.67. The summed E-state index contributed by atoms with van der Waals surface area (Å²) in [5.74, 6) is -1.28. The van der Waals surface area contributed by atoms with E-state index in [1.165, 1.54) is 13.8 Å². The van der Waals surface area contributed by atoms with E-state index in [2.05, 4.69) is 0 Å². The van der Waals surface area contributed by atoms with Gasteiger partial charge >= 0.3 is 11.9 Å². The van der Waals surface area contributed by atoms with Gasteiger partial charge in [-0.2, -0.15) is 0 Å². The quantitative estimate of drug-likeness (QED) is 0.781. The molecule has 1 aliphatic heterocycles. The van der Waals surface area contributed by atoms with Crippen LogP contribution in [0.4, 0.5) is 0 Å². The van der Waals surface area contributed by atoms with Crippen molar-refractivity contribution in [2.45, 2.75) is 70.2 Å². The molecule has 1 saturated heterocycles. The second-order valence-electron chi connectivity index (χ2n) is 6.64. The Bertz CT molecular complexity index is 606. The number of rotatable bonds is 3. The normalized spacial score (nSPS) is 34.4. The first-order valence-corrected chi connectivity index (χ1v) is 8.00. The Morgan fingerprint density at radius 1 is 1.12 bits per heavy atom. The second kappa shape index (κ2) is 6.22.